The maximum Gasteiger partial charge on any atom is 0.263 e. The molecule has 1 amide bonds. The molecule has 0 radical (unpaired) electrons. The second-order valence-corrected chi connectivity index (χ2v) is 8.52. The van der Waals surface area contributed by atoms with Crippen molar-refractivity contribution in [1.29, 1.82) is 0 Å². The zero-order chi connectivity index (χ0) is 26.7. The fourth-order valence-electron chi connectivity index (χ4n) is 4.41. The van der Waals surface area contributed by atoms with E-state index in [1.165, 1.54) is 13.4 Å². The molecule has 0 atom stereocenters. The van der Waals surface area contributed by atoms with Crippen LogP contribution < -0.4 is 10.1 Å². The van der Waals surface area contributed by atoms with Gasteiger partial charge in [0.2, 0.25) is 11.8 Å². The van der Waals surface area contributed by atoms with Gasteiger partial charge in [-0.1, -0.05) is 60.7 Å². The zero-order valence-corrected chi connectivity index (χ0v) is 20.9. The highest BCUT2D eigenvalue weighted by Crippen LogP contribution is 2.38. The summed E-state index contributed by atoms with van der Waals surface area (Å²) >= 11 is 0. The van der Waals surface area contributed by atoms with E-state index in [4.69, 9.17) is 9.72 Å². The highest BCUT2D eigenvalue weighted by molar-refractivity contribution is 6.06. The molecule has 11 heteroatoms. The van der Waals surface area contributed by atoms with Crippen LogP contribution in [-0.2, 0) is 18.7 Å². The van der Waals surface area contributed by atoms with Crippen molar-refractivity contribution in [3.63, 3.8) is 0 Å². The van der Waals surface area contributed by atoms with Crippen LogP contribution in [0.4, 0.5) is 5.95 Å². The SMILES string of the molecule is CCn1cnc(NC(=O)c2cc3c(nc2OC)nc(C(O)(c2ccccc2)c2ccccc2)n3CCO)n1. The number of hydrogen-bond donors (Lipinski definition) is 3. The van der Waals surface area contributed by atoms with Crippen molar-refractivity contribution in [2.24, 2.45) is 0 Å². The molecule has 0 aliphatic rings. The number of anilines is 1. The van der Waals surface area contributed by atoms with E-state index in [1.54, 1.807) is 15.3 Å². The summed E-state index contributed by atoms with van der Waals surface area (Å²) in [5, 5.41) is 29.1. The molecule has 3 N–H and O–H groups in total. The van der Waals surface area contributed by atoms with Crippen LogP contribution in [0.25, 0.3) is 11.2 Å². The largest absolute Gasteiger partial charge is 0.480 e. The average molecular weight is 514 g/mol. The van der Waals surface area contributed by atoms with E-state index >= 15 is 0 Å². The number of carbonyl (C=O) groups is 1. The molecule has 5 rings (SSSR count). The van der Waals surface area contributed by atoms with E-state index in [-0.39, 0.29) is 42.0 Å². The number of amides is 1. The summed E-state index contributed by atoms with van der Waals surface area (Å²) in [5.41, 5.74) is 0.316. The van der Waals surface area contributed by atoms with Crippen molar-refractivity contribution in [3.8, 4) is 5.88 Å². The number of imidazole rings is 1. The first-order chi connectivity index (χ1) is 18.5. The molecule has 0 spiro atoms. The Morgan fingerprint density at radius 1 is 1.05 bits per heavy atom. The number of benzene rings is 2. The van der Waals surface area contributed by atoms with Gasteiger partial charge in [0.05, 0.1) is 19.2 Å². The minimum absolute atomic E-state index is 0.0492. The van der Waals surface area contributed by atoms with Gasteiger partial charge in [-0.2, -0.15) is 4.98 Å². The lowest BCUT2D eigenvalue weighted by atomic mass is 9.85. The second-order valence-electron chi connectivity index (χ2n) is 8.52. The predicted octanol–water partition coefficient (Wildman–Crippen LogP) is 2.58. The number of aliphatic hydroxyl groups is 2. The summed E-state index contributed by atoms with van der Waals surface area (Å²) in [7, 11) is 1.41. The maximum atomic E-state index is 13.2. The lowest BCUT2D eigenvalue weighted by Crippen LogP contribution is -2.33. The molecule has 3 heterocycles. The summed E-state index contributed by atoms with van der Waals surface area (Å²) in [6.45, 7) is 2.39. The van der Waals surface area contributed by atoms with Crippen molar-refractivity contribution in [1.82, 2.24) is 29.3 Å². The number of rotatable bonds is 9. The number of ether oxygens (including phenoxy) is 1. The Morgan fingerprint density at radius 2 is 1.71 bits per heavy atom. The number of aliphatic hydroxyl groups excluding tert-OH is 1. The molecule has 3 aromatic heterocycles. The van der Waals surface area contributed by atoms with E-state index in [0.29, 0.717) is 23.2 Å². The zero-order valence-electron chi connectivity index (χ0n) is 20.9. The standard InChI is InChI=1S/C27H27N7O4/c1-3-33-17-28-26(32-33)31-23(36)20-16-21-22(29-24(20)38-2)30-25(34(21)14-15-35)27(37,18-10-6-4-7-11-18)19-12-8-5-9-13-19/h4-13,16-17,35,37H,3,14-15H2,1-2H3,(H,31,32,36). The second kappa shape index (κ2) is 10.4. The Labute approximate surface area is 218 Å². The number of hydrogen-bond acceptors (Lipinski definition) is 8. The molecule has 0 aliphatic carbocycles. The number of pyridine rings is 1. The Bertz CT molecular complexity index is 1530. The van der Waals surface area contributed by atoms with Crippen molar-refractivity contribution < 1.29 is 19.7 Å². The number of aromatic nitrogens is 6. The van der Waals surface area contributed by atoms with Crippen LogP contribution in [0.15, 0.2) is 73.1 Å². The van der Waals surface area contributed by atoms with Crippen LogP contribution >= 0.6 is 0 Å². The van der Waals surface area contributed by atoms with Gasteiger partial charge >= 0.3 is 0 Å². The minimum atomic E-state index is -1.68. The van der Waals surface area contributed by atoms with E-state index in [1.807, 2.05) is 67.6 Å². The molecule has 0 saturated carbocycles. The Hall–Kier alpha value is -4.61. The van der Waals surface area contributed by atoms with Crippen LogP contribution in [-0.4, -0.2) is 59.1 Å². The van der Waals surface area contributed by atoms with Gasteiger partial charge in [0, 0.05) is 13.1 Å². The van der Waals surface area contributed by atoms with Gasteiger partial charge in [0.15, 0.2) is 17.1 Å². The quantitative estimate of drug-likeness (QED) is 0.273. The summed E-state index contributed by atoms with van der Waals surface area (Å²) in [6.07, 6.45) is 1.52. The lowest BCUT2D eigenvalue weighted by molar-refractivity contribution is 0.102. The lowest BCUT2D eigenvalue weighted by Gasteiger charge is -2.29. The highest BCUT2D eigenvalue weighted by atomic mass is 16.5. The van der Waals surface area contributed by atoms with Crippen LogP contribution in [0.1, 0.15) is 34.2 Å². The number of methoxy groups -OCH3 is 1. The van der Waals surface area contributed by atoms with Crippen molar-refractivity contribution in [2.45, 2.75) is 25.6 Å². The molecule has 0 saturated heterocycles. The third kappa shape index (κ3) is 4.38. The molecule has 38 heavy (non-hydrogen) atoms. The Balaban J connectivity index is 1.69. The third-order valence-electron chi connectivity index (χ3n) is 6.26. The van der Waals surface area contributed by atoms with E-state index in [0.717, 1.165) is 0 Å². The van der Waals surface area contributed by atoms with Gasteiger partial charge < -0.3 is 19.5 Å². The summed E-state index contributed by atoms with van der Waals surface area (Å²) < 4.78 is 8.68. The van der Waals surface area contributed by atoms with Gasteiger partial charge in [0.25, 0.3) is 5.91 Å². The van der Waals surface area contributed by atoms with Gasteiger partial charge in [0.1, 0.15) is 11.9 Å². The molecule has 11 nitrogen and oxygen atoms in total. The van der Waals surface area contributed by atoms with Crippen molar-refractivity contribution in [3.05, 3.63) is 95.6 Å². The van der Waals surface area contributed by atoms with Crippen molar-refractivity contribution in [2.75, 3.05) is 19.0 Å². The van der Waals surface area contributed by atoms with Crippen LogP contribution in [0.2, 0.25) is 0 Å². The molecule has 194 valence electrons. The fourth-order valence-corrected chi connectivity index (χ4v) is 4.41. The van der Waals surface area contributed by atoms with Crippen LogP contribution in [0.3, 0.4) is 0 Å². The molecule has 0 aliphatic heterocycles. The van der Waals surface area contributed by atoms with Gasteiger partial charge in [-0.05, 0) is 24.1 Å². The van der Waals surface area contributed by atoms with Crippen LogP contribution in [0.5, 0.6) is 5.88 Å². The fraction of sp³-hybridized carbons (Fsp3) is 0.222. The van der Waals surface area contributed by atoms with Gasteiger partial charge in [-0.3, -0.25) is 14.8 Å². The van der Waals surface area contributed by atoms with Gasteiger partial charge in [-0.15, -0.1) is 5.10 Å². The summed E-state index contributed by atoms with van der Waals surface area (Å²) in [4.78, 5) is 26.5. The monoisotopic (exact) mass is 513 g/mol. The molecular formula is C27H27N7O4. The molecule has 2 aromatic carbocycles. The third-order valence-corrected chi connectivity index (χ3v) is 6.26. The van der Waals surface area contributed by atoms with Gasteiger partial charge in [-0.25, -0.2) is 9.97 Å². The van der Waals surface area contributed by atoms with E-state index in [9.17, 15) is 15.0 Å². The summed E-state index contributed by atoms with van der Waals surface area (Å²) in [6, 6.07) is 19.9. The first-order valence-corrected chi connectivity index (χ1v) is 12.1. The number of fused-ring (bicyclic) bond motifs is 1. The summed E-state index contributed by atoms with van der Waals surface area (Å²) in [5.74, 6) is -0.0848. The molecule has 0 unspecified atom stereocenters. The topological polar surface area (TPSA) is 140 Å². The first kappa shape index (κ1) is 25.1. The average Bonchev–Trinajstić information content (AvgIpc) is 3.57. The number of carbonyl (C=O) groups excluding carboxylic acids is 1. The Morgan fingerprint density at radius 3 is 2.26 bits per heavy atom. The maximum absolute atomic E-state index is 13.2. The van der Waals surface area contributed by atoms with Crippen LogP contribution in [0, 0.1) is 0 Å². The molecule has 0 bridgehead atoms. The Kier molecular flexibility index (Phi) is 6.86. The number of nitrogens with one attached hydrogen (secondary N) is 1. The number of aryl methyl sites for hydroxylation is 1. The first-order valence-electron chi connectivity index (χ1n) is 12.1. The van der Waals surface area contributed by atoms with Crippen molar-refractivity contribution >= 4 is 23.0 Å². The molecule has 0 fully saturated rings. The predicted molar refractivity (Wildman–Crippen MR) is 140 cm³/mol. The molecule has 5 aromatic rings. The highest BCUT2D eigenvalue weighted by Gasteiger charge is 2.39. The van der Waals surface area contributed by atoms with E-state index in [2.05, 4.69) is 20.4 Å². The smallest absolute Gasteiger partial charge is 0.263 e. The van der Waals surface area contributed by atoms with E-state index < -0.39 is 11.5 Å². The normalized spacial score (nSPS) is 11.6. The minimum Gasteiger partial charge on any atom is -0.480 e. The number of nitrogens with zero attached hydrogens (tertiary/aromatic N) is 6. The molecular weight excluding hydrogens is 486 g/mol.